The number of pyridine rings is 1. The van der Waals surface area contributed by atoms with E-state index >= 15 is 0 Å². The van der Waals surface area contributed by atoms with Crippen molar-refractivity contribution in [2.45, 2.75) is 45.7 Å². The van der Waals surface area contributed by atoms with Gasteiger partial charge in [-0.1, -0.05) is 32.0 Å². The van der Waals surface area contributed by atoms with E-state index < -0.39 is 0 Å². The lowest BCUT2D eigenvalue weighted by molar-refractivity contribution is 0.564. The first kappa shape index (κ1) is 19.6. The van der Waals surface area contributed by atoms with Crippen LogP contribution < -0.4 is 10.2 Å². The van der Waals surface area contributed by atoms with Crippen LogP contribution in [-0.2, 0) is 7.05 Å². The maximum Gasteiger partial charge on any atom is 0.174 e. The van der Waals surface area contributed by atoms with E-state index in [-0.39, 0.29) is 12.1 Å². The van der Waals surface area contributed by atoms with Crippen LogP contribution in [0.2, 0.25) is 0 Å². The fourth-order valence-corrected chi connectivity index (χ4v) is 4.50. The van der Waals surface area contributed by atoms with E-state index in [1.54, 1.807) is 0 Å². The molecular weight excluding hydrogens is 376 g/mol. The van der Waals surface area contributed by atoms with Crippen molar-refractivity contribution >= 4 is 23.0 Å². The number of hydrogen-bond donors (Lipinski definition) is 1. The van der Waals surface area contributed by atoms with Gasteiger partial charge in [0, 0.05) is 30.3 Å². The predicted octanol–water partition coefficient (Wildman–Crippen LogP) is 5.34. The standard InChI is InChI=1S/C24H28N4S/c1-15(2)18-9-11-19(12-10-18)28-23(20-14-16(3)27(5)17(20)4)22(26-24(28)29)21-8-6-7-13-25-21/h6-15,22-23H,1-5H3,(H,26,29)/t22-,23-/m1/s1. The molecule has 0 amide bonds. The van der Waals surface area contributed by atoms with Crippen molar-refractivity contribution in [3.8, 4) is 0 Å². The first-order valence-electron chi connectivity index (χ1n) is 10.1. The Kier molecular flexibility index (Phi) is 5.17. The summed E-state index contributed by atoms with van der Waals surface area (Å²) in [5.74, 6) is 0.504. The van der Waals surface area contributed by atoms with Crippen molar-refractivity contribution in [2.75, 3.05) is 4.90 Å². The second-order valence-electron chi connectivity index (χ2n) is 8.13. The third-order valence-electron chi connectivity index (χ3n) is 6.07. The number of nitrogens with zero attached hydrogens (tertiary/aromatic N) is 3. The predicted molar refractivity (Wildman–Crippen MR) is 123 cm³/mol. The lowest BCUT2D eigenvalue weighted by Crippen LogP contribution is -2.29. The van der Waals surface area contributed by atoms with E-state index in [1.807, 2.05) is 18.3 Å². The molecule has 3 aromatic rings. The molecule has 0 aliphatic carbocycles. The maximum absolute atomic E-state index is 5.82. The summed E-state index contributed by atoms with van der Waals surface area (Å²) in [6, 6.07) is 17.2. The number of thiocarbonyl (C=S) groups is 1. The number of rotatable bonds is 4. The maximum atomic E-state index is 5.82. The van der Waals surface area contributed by atoms with Gasteiger partial charge in [-0.25, -0.2) is 0 Å². The van der Waals surface area contributed by atoms with Gasteiger partial charge in [0.25, 0.3) is 0 Å². The summed E-state index contributed by atoms with van der Waals surface area (Å²) in [4.78, 5) is 6.89. The van der Waals surface area contributed by atoms with Gasteiger partial charge in [-0.05, 0) is 73.4 Å². The molecule has 1 N–H and O–H groups in total. The van der Waals surface area contributed by atoms with E-state index in [2.05, 4.69) is 90.9 Å². The topological polar surface area (TPSA) is 33.1 Å². The zero-order chi connectivity index (χ0) is 20.7. The van der Waals surface area contributed by atoms with Crippen LogP contribution in [0.1, 0.15) is 60.1 Å². The van der Waals surface area contributed by atoms with Crippen LogP contribution in [0.15, 0.2) is 54.7 Å². The first-order chi connectivity index (χ1) is 13.9. The summed E-state index contributed by atoms with van der Waals surface area (Å²) in [7, 11) is 2.12. The zero-order valence-corrected chi connectivity index (χ0v) is 18.5. The molecule has 0 unspecified atom stereocenters. The molecular formula is C24H28N4S. The average molecular weight is 405 g/mol. The first-order valence-corrected chi connectivity index (χ1v) is 10.5. The van der Waals surface area contributed by atoms with E-state index in [9.17, 15) is 0 Å². The van der Waals surface area contributed by atoms with Gasteiger partial charge in [0.1, 0.15) is 0 Å². The van der Waals surface area contributed by atoms with Gasteiger partial charge in [0.05, 0.1) is 17.8 Å². The molecule has 4 nitrogen and oxygen atoms in total. The Hall–Kier alpha value is -2.66. The number of aryl methyl sites for hydroxylation is 1. The minimum Gasteiger partial charge on any atom is -0.352 e. The Morgan fingerprint density at radius 1 is 1.07 bits per heavy atom. The largest absolute Gasteiger partial charge is 0.352 e. The van der Waals surface area contributed by atoms with Crippen molar-refractivity contribution in [3.63, 3.8) is 0 Å². The molecule has 2 atom stereocenters. The molecule has 0 bridgehead atoms. The smallest absolute Gasteiger partial charge is 0.174 e. The zero-order valence-electron chi connectivity index (χ0n) is 17.7. The van der Waals surface area contributed by atoms with Gasteiger partial charge in [-0.3, -0.25) is 4.98 Å². The molecule has 4 rings (SSSR count). The van der Waals surface area contributed by atoms with Crippen LogP contribution in [0.25, 0.3) is 0 Å². The minimum atomic E-state index is -0.00558. The van der Waals surface area contributed by atoms with Gasteiger partial charge >= 0.3 is 0 Å². The Morgan fingerprint density at radius 3 is 2.34 bits per heavy atom. The fourth-order valence-electron chi connectivity index (χ4n) is 4.15. The van der Waals surface area contributed by atoms with Crippen molar-refractivity contribution in [3.05, 3.63) is 82.9 Å². The summed E-state index contributed by atoms with van der Waals surface area (Å²) < 4.78 is 2.24. The molecule has 1 fully saturated rings. The SMILES string of the molecule is Cc1cc([C@@H]2[C@@H](c3ccccn3)NC(=S)N2c2ccc(C(C)C)cc2)c(C)n1C. The van der Waals surface area contributed by atoms with E-state index in [0.29, 0.717) is 5.92 Å². The fraction of sp³-hybridized carbons (Fsp3) is 0.333. The molecule has 1 aliphatic rings. The molecule has 1 aliphatic heterocycles. The van der Waals surface area contributed by atoms with Crippen LogP contribution >= 0.6 is 12.2 Å². The van der Waals surface area contributed by atoms with E-state index in [1.165, 1.54) is 22.5 Å². The number of aromatic nitrogens is 2. The highest BCUT2D eigenvalue weighted by Crippen LogP contribution is 2.43. The lowest BCUT2D eigenvalue weighted by atomic mass is 9.96. The molecule has 1 aromatic carbocycles. The second kappa shape index (κ2) is 7.64. The molecule has 0 spiro atoms. The summed E-state index contributed by atoms with van der Waals surface area (Å²) in [6.07, 6.45) is 1.85. The number of benzene rings is 1. The summed E-state index contributed by atoms with van der Waals surface area (Å²) in [5.41, 5.74) is 7.21. The third-order valence-corrected chi connectivity index (χ3v) is 6.38. The number of anilines is 1. The highest BCUT2D eigenvalue weighted by Gasteiger charge is 2.42. The normalized spacial score (nSPS) is 19.1. The van der Waals surface area contributed by atoms with Crippen molar-refractivity contribution in [2.24, 2.45) is 7.05 Å². The van der Waals surface area contributed by atoms with E-state index in [4.69, 9.17) is 12.2 Å². The summed E-state index contributed by atoms with van der Waals surface area (Å²) in [5, 5.41) is 4.29. The molecule has 150 valence electrons. The summed E-state index contributed by atoms with van der Waals surface area (Å²) in [6.45, 7) is 8.76. The number of nitrogens with one attached hydrogen (secondary N) is 1. The van der Waals surface area contributed by atoms with Crippen LogP contribution in [-0.4, -0.2) is 14.7 Å². The van der Waals surface area contributed by atoms with Gasteiger partial charge < -0.3 is 14.8 Å². The molecule has 0 radical (unpaired) electrons. The van der Waals surface area contributed by atoms with Crippen LogP contribution in [0.5, 0.6) is 0 Å². The Balaban J connectivity index is 1.84. The Bertz CT molecular complexity index is 1020. The second-order valence-corrected chi connectivity index (χ2v) is 8.52. The highest BCUT2D eigenvalue weighted by molar-refractivity contribution is 7.80. The van der Waals surface area contributed by atoms with E-state index in [0.717, 1.165) is 16.5 Å². The summed E-state index contributed by atoms with van der Waals surface area (Å²) >= 11 is 5.82. The highest BCUT2D eigenvalue weighted by atomic mass is 32.1. The lowest BCUT2D eigenvalue weighted by Gasteiger charge is -2.28. The number of hydrogen-bond acceptors (Lipinski definition) is 2. The minimum absolute atomic E-state index is 0.00558. The molecule has 5 heteroatoms. The Labute approximate surface area is 178 Å². The van der Waals surface area contributed by atoms with Crippen molar-refractivity contribution in [1.82, 2.24) is 14.9 Å². The molecule has 1 saturated heterocycles. The van der Waals surface area contributed by atoms with Crippen LogP contribution in [0.4, 0.5) is 5.69 Å². The molecule has 0 saturated carbocycles. The Morgan fingerprint density at radius 2 is 1.79 bits per heavy atom. The quantitative estimate of drug-likeness (QED) is 0.595. The molecule has 3 heterocycles. The third kappa shape index (κ3) is 3.44. The van der Waals surface area contributed by atoms with Crippen LogP contribution in [0.3, 0.4) is 0 Å². The molecule has 29 heavy (non-hydrogen) atoms. The average Bonchev–Trinajstić information content (AvgIpc) is 3.20. The van der Waals surface area contributed by atoms with Gasteiger partial charge in [0.2, 0.25) is 0 Å². The van der Waals surface area contributed by atoms with Crippen molar-refractivity contribution < 1.29 is 0 Å². The monoisotopic (exact) mass is 404 g/mol. The van der Waals surface area contributed by atoms with Gasteiger partial charge in [-0.2, -0.15) is 0 Å². The van der Waals surface area contributed by atoms with Gasteiger partial charge in [0.15, 0.2) is 5.11 Å². The van der Waals surface area contributed by atoms with Crippen molar-refractivity contribution in [1.29, 1.82) is 0 Å². The van der Waals surface area contributed by atoms with Crippen LogP contribution in [0, 0.1) is 13.8 Å². The molecule has 2 aromatic heterocycles. The van der Waals surface area contributed by atoms with Gasteiger partial charge in [-0.15, -0.1) is 0 Å².